The summed E-state index contributed by atoms with van der Waals surface area (Å²) < 4.78 is 16.7. The van der Waals surface area contributed by atoms with Gasteiger partial charge in [-0.1, -0.05) is 75.6 Å². The highest BCUT2D eigenvalue weighted by Gasteiger charge is 2.20. The molecule has 2 aromatic rings. The maximum Gasteiger partial charge on any atom is 0.305 e. The van der Waals surface area contributed by atoms with Gasteiger partial charge in [0.15, 0.2) is 0 Å². The van der Waals surface area contributed by atoms with Crippen molar-refractivity contribution in [3.05, 3.63) is 58.7 Å². The molecule has 2 N–H and O–H groups in total. The highest BCUT2D eigenvalue weighted by molar-refractivity contribution is 5.69. The SMILES string of the molecule is O=C(CCCc1ccc(O)c(C2CCCCC2)c1)OCCCCCCOCCCCCCOC(=O)CCCc1ccc(O)c(C2CCCCC2)c1. The number of rotatable bonds is 24. The van der Waals surface area contributed by atoms with Crippen molar-refractivity contribution in [2.24, 2.45) is 0 Å². The quantitative estimate of drug-likeness (QED) is 0.0827. The summed E-state index contributed by atoms with van der Waals surface area (Å²) in [5.41, 5.74) is 4.56. The zero-order valence-corrected chi connectivity index (χ0v) is 31.4. The number of carbonyl (C=O) groups is 2. The predicted octanol–water partition coefficient (Wildman–Crippen LogP) is 10.8. The van der Waals surface area contributed by atoms with Crippen molar-refractivity contribution in [3.8, 4) is 11.5 Å². The summed E-state index contributed by atoms with van der Waals surface area (Å²) in [5.74, 6) is 1.53. The van der Waals surface area contributed by atoms with E-state index in [9.17, 15) is 19.8 Å². The van der Waals surface area contributed by atoms with Crippen molar-refractivity contribution in [2.75, 3.05) is 26.4 Å². The first kappa shape index (κ1) is 40.7. The number of unbranched alkanes of at least 4 members (excludes halogenated alkanes) is 6. The molecule has 2 aromatic carbocycles. The second kappa shape index (κ2) is 24.2. The van der Waals surface area contributed by atoms with Gasteiger partial charge in [0.2, 0.25) is 0 Å². The van der Waals surface area contributed by atoms with Gasteiger partial charge in [0.25, 0.3) is 0 Å². The van der Waals surface area contributed by atoms with Gasteiger partial charge in [0.1, 0.15) is 11.5 Å². The molecule has 0 spiro atoms. The van der Waals surface area contributed by atoms with Gasteiger partial charge in [-0.25, -0.2) is 0 Å². The van der Waals surface area contributed by atoms with Crippen LogP contribution in [0.4, 0.5) is 0 Å². The fraction of sp³-hybridized carbons (Fsp3) is 0.682. The molecule has 284 valence electrons. The van der Waals surface area contributed by atoms with Crippen LogP contribution in [0.1, 0.15) is 175 Å². The normalized spacial score (nSPS) is 15.5. The molecule has 0 aliphatic heterocycles. The third-order valence-electron chi connectivity index (χ3n) is 10.9. The maximum absolute atomic E-state index is 12.2. The van der Waals surface area contributed by atoms with E-state index in [-0.39, 0.29) is 11.9 Å². The molecule has 4 rings (SSSR count). The van der Waals surface area contributed by atoms with Crippen LogP contribution in [0.2, 0.25) is 0 Å². The molecule has 51 heavy (non-hydrogen) atoms. The van der Waals surface area contributed by atoms with E-state index < -0.39 is 0 Å². The molecule has 0 bridgehead atoms. The van der Waals surface area contributed by atoms with E-state index in [0.717, 1.165) is 127 Å². The van der Waals surface area contributed by atoms with E-state index in [0.29, 0.717) is 49.4 Å². The molecular formula is C44H66O7. The largest absolute Gasteiger partial charge is 0.508 e. The predicted molar refractivity (Wildman–Crippen MR) is 203 cm³/mol. The van der Waals surface area contributed by atoms with Crippen LogP contribution in [0.15, 0.2) is 36.4 Å². The fourth-order valence-corrected chi connectivity index (χ4v) is 7.81. The summed E-state index contributed by atoms with van der Waals surface area (Å²) in [5, 5.41) is 20.7. The molecule has 0 heterocycles. The fourth-order valence-electron chi connectivity index (χ4n) is 7.81. The lowest BCUT2D eigenvalue weighted by molar-refractivity contribution is -0.144. The lowest BCUT2D eigenvalue weighted by Crippen LogP contribution is -2.07. The molecule has 2 aliphatic carbocycles. The van der Waals surface area contributed by atoms with Gasteiger partial charge in [-0.2, -0.15) is 0 Å². The van der Waals surface area contributed by atoms with E-state index >= 15 is 0 Å². The number of ether oxygens (including phenoxy) is 3. The number of carbonyl (C=O) groups excluding carboxylic acids is 2. The first-order chi connectivity index (χ1) is 25.0. The Morgan fingerprint density at radius 1 is 0.510 bits per heavy atom. The standard InChI is InChI=1S/C44H66O7/c45-41-27-25-35(33-39(41)37-19-7-5-8-20-37)17-15-23-43(47)50-31-13-3-1-11-29-49-30-12-2-4-14-32-51-44(48)24-16-18-36-26-28-42(46)40(34-36)38-21-9-6-10-22-38/h25-28,33-34,37-38,45-46H,1-24,29-32H2. The smallest absolute Gasteiger partial charge is 0.305 e. The first-order valence-corrected chi connectivity index (χ1v) is 20.5. The van der Waals surface area contributed by atoms with Crippen LogP contribution in [0.3, 0.4) is 0 Å². The zero-order chi connectivity index (χ0) is 35.9. The Morgan fingerprint density at radius 2 is 0.902 bits per heavy atom. The van der Waals surface area contributed by atoms with E-state index in [4.69, 9.17) is 14.2 Å². The molecular weight excluding hydrogens is 640 g/mol. The van der Waals surface area contributed by atoms with Gasteiger partial charge in [0.05, 0.1) is 13.2 Å². The summed E-state index contributed by atoms with van der Waals surface area (Å²) in [6.07, 6.45) is 24.3. The summed E-state index contributed by atoms with van der Waals surface area (Å²) in [6, 6.07) is 11.9. The van der Waals surface area contributed by atoms with Crippen LogP contribution in [0.25, 0.3) is 0 Å². The van der Waals surface area contributed by atoms with E-state index in [1.165, 1.54) is 49.7 Å². The van der Waals surface area contributed by atoms with Crippen LogP contribution in [-0.2, 0) is 36.6 Å². The number of aryl methyl sites for hydroxylation is 2. The molecule has 2 fully saturated rings. The summed E-state index contributed by atoms with van der Waals surface area (Å²) in [4.78, 5) is 24.4. The molecule has 0 saturated heterocycles. The van der Waals surface area contributed by atoms with Gasteiger partial charge >= 0.3 is 11.9 Å². The van der Waals surface area contributed by atoms with E-state index in [2.05, 4.69) is 12.1 Å². The summed E-state index contributed by atoms with van der Waals surface area (Å²) in [7, 11) is 0. The van der Waals surface area contributed by atoms with Crippen LogP contribution < -0.4 is 0 Å². The highest BCUT2D eigenvalue weighted by atomic mass is 16.5. The average molecular weight is 707 g/mol. The molecule has 0 aromatic heterocycles. The van der Waals surface area contributed by atoms with Crippen molar-refractivity contribution >= 4 is 11.9 Å². The molecule has 0 atom stereocenters. The van der Waals surface area contributed by atoms with Crippen molar-refractivity contribution in [2.45, 2.75) is 166 Å². The topological polar surface area (TPSA) is 102 Å². The van der Waals surface area contributed by atoms with Gasteiger partial charge in [-0.3, -0.25) is 9.59 Å². The van der Waals surface area contributed by atoms with Crippen LogP contribution in [-0.4, -0.2) is 48.6 Å². The Labute approximate surface area is 307 Å². The van der Waals surface area contributed by atoms with Crippen LogP contribution in [0, 0.1) is 0 Å². The lowest BCUT2D eigenvalue weighted by atomic mass is 9.83. The average Bonchev–Trinajstić information content (AvgIpc) is 3.15. The molecule has 0 amide bonds. The minimum Gasteiger partial charge on any atom is -0.508 e. The second-order valence-corrected chi connectivity index (χ2v) is 15.0. The minimum atomic E-state index is -0.118. The second-order valence-electron chi connectivity index (χ2n) is 15.0. The number of esters is 2. The third-order valence-corrected chi connectivity index (χ3v) is 10.9. The molecule has 7 nitrogen and oxygen atoms in total. The van der Waals surface area contributed by atoms with Gasteiger partial charge in [-0.05, 0) is 136 Å². The van der Waals surface area contributed by atoms with Crippen LogP contribution >= 0.6 is 0 Å². The Kier molecular flexibility index (Phi) is 19.3. The Morgan fingerprint density at radius 3 is 1.31 bits per heavy atom. The molecule has 2 saturated carbocycles. The summed E-state index contributed by atoms with van der Waals surface area (Å²) in [6.45, 7) is 2.51. The maximum atomic E-state index is 12.2. The number of phenols is 2. The Balaban J connectivity index is 0.887. The van der Waals surface area contributed by atoms with Crippen molar-refractivity contribution in [3.63, 3.8) is 0 Å². The Bertz CT molecular complexity index is 1180. The summed E-state index contributed by atoms with van der Waals surface area (Å²) >= 11 is 0. The number of aromatic hydroxyl groups is 2. The molecule has 0 unspecified atom stereocenters. The van der Waals surface area contributed by atoms with Crippen molar-refractivity contribution in [1.29, 1.82) is 0 Å². The number of hydrogen-bond acceptors (Lipinski definition) is 7. The number of phenolic OH excluding ortho intramolecular Hbond substituents is 2. The monoisotopic (exact) mass is 706 g/mol. The number of benzene rings is 2. The lowest BCUT2D eigenvalue weighted by Gasteiger charge is -2.23. The molecule has 2 aliphatic rings. The van der Waals surface area contributed by atoms with Crippen molar-refractivity contribution in [1.82, 2.24) is 0 Å². The first-order valence-electron chi connectivity index (χ1n) is 20.5. The van der Waals surface area contributed by atoms with Gasteiger partial charge < -0.3 is 24.4 Å². The van der Waals surface area contributed by atoms with E-state index in [1.54, 1.807) is 0 Å². The van der Waals surface area contributed by atoms with Gasteiger partial charge in [0, 0.05) is 26.1 Å². The number of hydrogen-bond donors (Lipinski definition) is 2. The molecule has 7 heteroatoms. The Hall–Kier alpha value is -3.06. The van der Waals surface area contributed by atoms with Crippen LogP contribution in [0.5, 0.6) is 11.5 Å². The molecule has 0 radical (unpaired) electrons. The minimum absolute atomic E-state index is 0.118. The third kappa shape index (κ3) is 16.0. The van der Waals surface area contributed by atoms with Crippen molar-refractivity contribution < 1.29 is 34.0 Å². The zero-order valence-electron chi connectivity index (χ0n) is 31.4. The van der Waals surface area contributed by atoms with E-state index in [1.807, 2.05) is 24.3 Å². The highest BCUT2D eigenvalue weighted by Crippen LogP contribution is 2.38. The van der Waals surface area contributed by atoms with Gasteiger partial charge in [-0.15, -0.1) is 0 Å².